The van der Waals surface area contributed by atoms with E-state index in [-0.39, 0.29) is 34.7 Å². The SMILES string of the molecule is C[C@]12C=CC(=O)CC1=CC[C@@H]1[C@@H]2[C@@H](O)C[C@@]2(C)[C@H]1C[C@H]1OC(c3ccncc3)O[C@]12C(=O)CO. The van der Waals surface area contributed by atoms with Crippen LogP contribution in [-0.2, 0) is 19.1 Å². The number of hydrogen-bond donors (Lipinski definition) is 2. The van der Waals surface area contributed by atoms with E-state index in [1.807, 2.05) is 13.0 Å². The van der Waals surface area contributed by atoms with E-state index in [4.69, 9.17) is 9.47 Å². The monoisotopic (exact) mass is 465 g/mol. The van der Waals surface area contributed by atoms with Gasteiger partial charge in [-0.25, -0.2) is 0 Å². The summed E-state index contributed by atoms with van der Waals surface area (Å²) in [6.45, 7) is 3.52. The molecule has 2 N–H and O–H groups in total. The standard InChI is InChI=1S/C27H31NO6/c1-25-8-5-17(30)11-16(25)3-4-18-19-12-22-27(21(32)14-29,26(19,2)13-20(31)23(18)25)34-24(33-22)15-6-9-28-10-7-15/h3,5-10,18-20,22-24,29,31H,4,11-14H2,1-2H3/t18-,19-,20-,22+,23+,24?,25-,26-,27+/m0/s1. The number of aliphatic hydroxyl groups excluding tert-OH is 2. The number of Topliss-reactive ketones (excluding diaryl/α,β-unsaturated/α-hetero) is 1. The summed E-state index contributed by atoms with van der Waals surface area (Å²) in [5.41, 5.74) is -0.539. The second kappa shape index (κ2) is 7.40. The second-order valence-corrected chi connectivity index (χ2v) is 11.1. The van der Waals surface area contributed by atoms with Gasteiger partial charge in [-0.15, -0.1) is 0 Å². The fourth-order valence-electron chi connectivity index (χ4n) is 8.26. The second-order valence-electron chi connectivity index (χ2n) is 11.1. The van der Waals surface area contributed by atoms with Gasteiger partial charge in [0.2, 0.25) is 0 Å². The van der Waals surface area contributed by atoms with Gasteiger partial charge in [0.05, 0.1) is 12.2 Å². The maximum atomic E-state index is 13.4. The Balaban J connectivity index is 1.41. The van der Waals surface area contributed by atoms with Crippen molar-refractivity contribution in [3.8, 4) is 0 Å². The number of aromatic nitrogens is 1. The first-order valence-electron chi connectivity index (χ1n) is 12.2. The highest BCUT2D eigenvalue weighted by molar-refractivity contribution is 5.93. The Morgan fingerprint density at radius 3 is 2.76 bits per heavy atom. The molecule has 1 aromatic heterocycles. The predicted molar refractivity (Wildman–Crippen MR) is 121 cm³/mol. The van der Waals surface area contributed by atoms with Gasteiger partial charge in [0.25, 0.3) is 0 Å². The fraction of sp³-hybridized carbons (Fsp3) is 0.593. The third-order valence-electron chi connectivity index (χ3n) is 9.73. The number of pyridine rings is 1. The van der Waals surface area contributed by atoms with Crippen LogP contribution in [0.4, 0.5) is 0 Å². The van der Waals surface area contributed by atoms with Crippen LogP contribution in [0.15, 0.2) is 48.3 Å². The van der Waals surface area contributed by atoms with Gasteiger partial charge in [-0.1, -0.05) is 31.6 Å². The molecule has 5 aliphatic rings. The molecule has 7 heteroatoms. The Labute approximate surface area is 198 Å². The average Bonchev–Trinajstić information content (AvgIpc) is 3.32. The van der Waals surface area contributed by atoms with Gasteiger partial charge in [-0.2, -0.15) is 0 Å². The maximum absolute atomic E-state index is 13.4. The number of ketones is 2. The van der Waals surface area contributed by atoms with Crippen LogP contribution in [0, 0.1) is 28.6 Å². The summed E-state index contributed by atoms with van der Waals surface area (Å²) in [6, 6.07) is 3.61. The summed E-state index contributed by atoms with van der Waals surface area (Å²) >= 11 is 0. The number of carbonyl (C=O) groups is 2. The number of ether oxygens (including phenoxy) is 2. The van der Waals surface area contributed by atoms with Crippen molar-refractivity contribution in [3.05, 3.63) is 53.9 Å². The first-order valence-corrected chi connectivity index (χ1v) is 12.2. The van der Waals surface area contributed by atoms with Gasteiger partial charge < -0.3 is 19.7 Å². The summed E-state index contributed by atoms with van der Waals surface area (Å²) in [6.07, 6.45) is 9.37. The molecule has 180 valence electrons. The molecule has 1 aromatic rings. The van der Waals surface area contributed by atoms with Crippen molar-refractivity contribution < 1.29 is 29.3 Å². The molecule has 34 heavy (non-hydrogen) atoms. The molecule has 1 unspecified atom stereocenters. The highest BCUT2D eigenvalue weighted by Gasteiger charge is 2.75. The van der Waals surface area contributed by atoms with Crippen LogP contribution in [0.1, 0.15) is 51.4 Å². The minimum absolute atomic E-state index is 0.0500. The molecule has 0 bridgehead atoms. The van der Waals surface area contributed by atoms with Crippen molar-refractivity contribution in [1.82, 2.24) is 4.98 Å². The predicted octanol–water partition coefficient (Wildman–Crippen LogP) is 2.68. The number of carbonyl (C=O) groups excluding carboxylic acids is 2. The van der Waals surface area contributed by atoms with Crippen LogP contribution in [-0.4, -0.2) is 51.2 Å². The molecular formula is C27H31NO6. The molecule has 7 nitrogen and oxygen atoms in total. The van der Waals surface area contributed by atoms with Crippen LogP contribution in [0.25, 0.3) is 0 Å². The summed E-state index contributed by atoms with van der Waals surface area (Å²) in [5.74, 6) is -0.150. The van der Waals surface area contributed by atoms with Gasteiger partial charge in [-0.05, 0) is 49.3 Å². The lowest BCUT2D eigenvalue weighted by Crippen LogP contribution is -2.63. The molecule has 0 amide bonds. The molecule has 0 spiro atoms. The Morgan fingerprint density at radius 1 is 1.26 bits per heavy atom. The molecule has 1 saturated heterocycles. The molecule has 0 aromatic carbocycles. The molecule has 3 fully saturated rings. The van der Waals surface area contributed by atoms with E-state index in [1.165, 1.54) is 0 Å². The third-order valence-corrected chi connectivity index (χ3v) is 9.73. The number of nitrogens with zero attached hydrogens (tertiary/aromatic N) is 1. The number of fused-ring (bicyclic) bond motifs is 7. The van der Waals surface area contributed by atoms with E-state index in [9.17, 15) is 19.8 Å². The first kappa shape index (κ1) is 22.3. The smallest absolute Gasteiger partial charge is 0.193 e. The van der Waals surface area contributed by atoms with Crippen molar-refractivity contribution in [3.63, 3.8) is 0 Å². The summed E-state index contributed by atoms with van der Waals surface area (Å²) in [4.78, 5) is 29.6. The Kier molecular flexibility index (Phi) is 4.85. The molecule has 0 radical (unpaired) electrons. The van der Waals surface area contributed by atoms with Crippen molar-refractivity contribution in [2.75, 3.05) is 6.61 Å². The lowest BCUT2D eigenvalue weighted by molar-refractivity contribution is -0.199. The zero-order valence-corrected chi connectivity index (χ0v) is 19.5. The van der Waals surface area contributed by atoms with Crippen molar-refractivity contribution >= 4 is 11.6 Å². The average molecular weight is 466 g/mol. The van der Waals surface area contributed by atoms with Crippen LogP contribution >= 0.6 is 0 Å². The Hall–Kier alpha value is -2.19. The van der Waals surface area contributed by atoms with E-state index in [0.717, 1.165) is 17.6 Å². The summed E-state index contributed by atoms with van der Waals surface area (Å²) in [7, 11) is 0. The van der Waals surface area contributed by atoms with Gasteiger partial charge in [0, 0.05) is 41.1 Å². The van der Waals surface area contributed by atoms with Crippen molar-refractivity contribution in [2.24, 2.45) is 28.6 Å². The minimum atomic E-state index is -1.32. The van der Waals surface area contributed by atoms with Gasteiger partial charge in [0.1, 0.15) is 6.61 Å². The van der Waals surface area contributed by atoms with Crippen LogP contribution < -0.4 is 0 Å². The van der Waals surface area contributed by atoms with Crippen molar-refractivity contribution in [2.45, 2.75) is 63.6 Å². The van der Waals surface area contributed by atoms with E-state index < -0.39 is 36.1 Å². The molecule has 2 heterocycles. The van der Waals surface area contributed by atoms with E-state index in [2.05, 4.69) is 18.0 Å². The Bertz CT molecular complexity index is 1100. The van der Waals surface area contributed by atoms with Crippen molar-refractivity contribution in [1.29, 1.82) is 0 Å². The van der Waals surface area contributed by atoms with Crippen LogP contribution in [0.2, 0.25) is 0 Å². The Morgan fingerprint density at radius 2 is 2.03 bits per heavy atom. The number of allylic oxidation sites excluding steroid dienone is 4. The minimum Gasteiger partial charge on any atom is -0.393 e. The maximum Gasteiger partial charge on any atom is 0.193 e. The molecule has 2 saturated carbocycles. The largest absolute Gasteiger partial charge is 0.393 e. The highest BCUT2D eigenvalue weighted by Crippen LogP contribution is 2.70. The fourth-order valence-corrected chi connectivity index (χ4v) is 8.26. The van der Waals surface area contributed by atoms with E-state index >= 15 is 0 Å². The summed E-state index contributed by atoms with van der Waals surface area (Å²) in [5, 5.41) is 21.6. The molecular weight excluding hydrogens is 434 g/mol. The number of hydrogen-bond acceptors (Lipinski definition) is 7. The first-order chi connectivity index (χ1) is 16.2. The third kappa shape index (κ3) is 2.70. The molecule has 6 rings (SSSR count). The molecule has 9 atom stereocenters. The van der Waals surface area contributed by atoms with E-state index in [0.29, 0.717) is 19.3 Å². The number of aliphatic hydroxyl groups is 2. The van der Waals surface area contributed by atoms with Gasteiger partial charge in [-0.3, -0.25) is 14.6 Å². The quantitative estimate of drug-likeness (QED) is 0.661. The van der Waals surface area contributed by atoms with Gasteiger partial charge >= 0.3 is 0 Å². The van der Waals surface area contributed by atoms with Crippen LogP contribution in [0.3, 0.4) is 0 Å². The molecule has 4 aliphatic carbocycles. The summed E-state index contributed by atoms with van der Waals surface area (Å²) < 4.78 is 12.9. The normalized spacial score (nSPS) is 46.8. The topological polar surface area (TPSA) is 106 Å². The van der Waals surface area contributed by atoms with Crippen LogP contribution in [0.5, 0.6) is 0 Å². The number of rotatable bonds is 3. The highest BCUT2D eigenvalue weighted by atomic mass is 16.7. The zero-order chi connectivity index (χ0) is 23.9. The lowest BCUT2D eigenvalue weighted by Gasteiger charge is -2.59. The van der Waals surface area contributed by atoms with E-state index in [1.54, 1.807) is 30.6 Å². The zero-order valence-electron chi connectivity index (χ0n) is 19.5. The molecule has 1 aliphatic heterocycles. The van der Waals surface area contributed by atoms with Gasteiger partial charge in [0.15, 0.2) is 23.5 Å². The lowest BCUT2D eigenvalue weighted by atomic mass is 9.47.